The van der Waals surface area contributed by atoms with Crippen LogP contribution < -0.4 is 23.2 Å². The second-order valence-electron chi connectivity index (χ2n) is 2.76. The Morgan fingerprint density at radius 1 is 1.19 bits per heavy atom. The Balaban J connectivity index is 0.000000385. The van der Waals surface area contributed by atoms with E-state index in [2.05, 4.69) is 22.3 Å². The third kappa shape index (κ3) is 9.38. The summed E-state index contributed by atoms with van der Waals surface area (Å²) < 4.78 is 38.1. The van der Waals surface area contributed by atoms with Crippen molar-refractivity contribution in [2.24, 2.45) is 0 Å². The highest BCUT2D eigenvalue weighted by molar-refractivity contribution is 4.74. The van der Waals surface area contributed by atoms with Gasteiger partial charge in [0.15, 0.2) is 0 Å². The van der Waals surface area contributed by atoms with Gasteiger partial charge in [-0.05, 0) is 0 Å². The fraction of sp³-hybridized carbons (Fsp3) is 0.222. The Morgan fingerprint density at radius 3 is 2.19 bits per heavy atom. The molecule has 0 aliphatic carbocycles. The van der Waals surface area contributed by atoms with Crippen LogP contribution in [0.15, 0.2) is 44.0 Å². The fourth-order valence-electron chi connectivity index (χ4n) is 0.953. The average Bonchev–Trinajstić information content (AvgIpc) is 2.51. The van der Waals surface area contributed by atoms with Gasteiger partial charge >= 0.3 is 0 Å². The molecular formula is C9H13ClN2O4. The minimum absolute atomic E-state index is 0.865. The molecule has 0 saturated heterocycles. The smallest absolute Gasteiger partial charge is 0.233 e. The molecule has 0 amide bonds. The molecule has 1 rings (SSSR count). The predicted molar refractivity (Wildman–Crippen MR) is 45.0 cm³/mol. The number of allylic oxidation sites excluding steroid dienone is 2. The molecule has 16 heavy (non-hydrogen) atoms. The second-order valence-corrected chi connectivity index (χ2v) is 3.52. The summed E-state index contributed by atoms with van der Waals surface area (Å²) in [5.41, 5.74) is 0. The quantitative estimate of drug-likeness (QED) is 0.406. The topological polar surface area (TPSA) is 101 Å². The summed E-state index contributed by atoms with van der Waals surface area (Å²) >= 11 is 0. The summed E-state index contributed by atoms with van der Waals surface area (Å²) in [6.45, 7) is 9.05. The van der Waals surface area contributed by atoms with Crippen LogP contribution in [0.25, 0.3) is 0 Å². The van der Waals surface area contributed by atoms with Crippen LogP contribution in [0, 0.1) is 10.2 Å². The van der Waals surface area contributed by atoms with E-state index in [0.717, 1.165) is 13.1 Å². The number of imidazole rings is 1. The van der Waals surface area contributed by atoms with Crippen LogP contribution in [0.2, 0.25) is 0 Å². The molecule has 90 valence electrons. The van der Waals surface area contributed by atoms with Crippen LogP contribution in [0.3, 0.4) is 0 Å². The van der Waals surface area contributed by atoms with Crippen molar-refractivity contribution >= 4 is 0 Å². The Kier molecular flexibility index (Phi) is 6.63. The number of hydrogen-bond acceptors (Lipinski definition) is 4. The molecule has 1 aromatic heterocycles. The Morgan fingerprint density at radius 2 is 1.75 bits per heavy atom. The molecule has 0 N–H and O–H groups in total. The van der Waals surface area contributed by atoms with Crippen molar-refractivity contribution in [3.8, 4) is 0 Å². The lowest BCUT2D eigenvalue weighted by molar-refractivity contribution is -2.00. The number of hydrogen-bond donors (Lipinski definition) is 0. The SMILES string of the molecule is C=CCn1cc[n+](CC=C)c1.[O-][Cl+3]([O-])([O-])[O-]. The van der Waals surface area contributed by atoms with Crippen molar-refractivity contribution in [3.63, 3.8) is 0 Å². The summed E-state index contributed by atoms with van der Waals surface area (Å²) in [7, 11) is -4.94. The fourth-order valence-corrected chi connectivity index (χ4v) is 0.953. The van der Waals surface area contributed by atoms with Crippen molar-refractivity contribution < 1.29 is 33.4 Å². The molecule has 0 radical (unpaired) electrons. The number of nitrogens with zero attached hydrogens (tertiary/aromatic N) is 2. The predicted octanol–water partition coefficient (Wildman–Crippen LogP) is -3.61. The van der Waals surface area contributed by atoms with E-state index in [-0.39, 0.29) is 0 Å². The van der Waals surface area contributed by atoms with Gasteiger partial charge in [0.05, 0.1) is 0 Å². The molecule has 1 heterocycles. The number of halogens is 1. The van der Waals surface area contributed by atoms with Gasteiger partial charge in [-0.2, -0.15) is 0 Å². The van der Waals surface area contributed by atoms with Gasteiger partial charge < -0.3 is 0 Å². The summed E-state index contributed by atoms with van der Waals surface area (Å²) in [5, 5.41) is 0. The number of aromatic nitrogens is 2. The Hall–Kier alpha value is -1.18. The Labute approximate surface area is 95.7 Å². The molecular weight excluding hydrogens is 236 g/mol. The van der Waals surface area contributed by atoms with Crippen LogP contribution in [-0.2, 0) is 13.1 Å². The van der Waals surface area contributed by atoms with E-state index in [9.17, 15) is 0 Å². The molecule has 0 saturated carbocycles. The van der Waals surface area contributed by atoms with Gasteiger partial charge in [0.2, 0.25) is 6.33 Å². The van der Waals surface area contributed by atoms with E-state index in [4.69, 9.17) is 18.6 Å². The van der Waals surface area contributed by atoms with Gasteiger partial charge in [-0.25, -0.2) is 27.8 Å². The average molecular weight is 249 g/mol. The van der Waals surface area contributed by atoms with Gasteiger partial charge in [-0.3, -0.25) is 0 Å². The standard InChI is InChI=1S/C9H13N2.ClHO4/c1-3-5-10-7-8-11(9-10)6-4-2;2-1(3,4)5/h3-4,7-9H,1-2,5-6H2;(H,2,3,4,5)/q+1;/p-1. The van der Waals surface area contributed by atoms with E-state index >= 15 is 0 Å². The van der Waals surface area contributed by atoms with Crippen molar-refractivity contribution in [1.29, 1.82) is 0 Å². The molecule has 7 heteroatoms. The molecule has 0 bridgehead atoms. The van der Waals surface area contributed by atoms with Crippen LogP contribution in [0.1, 0.15) is 0 Å². The zero-order valence-electron chi connectivity index (χ0n) is 8.62. The highest BCUT2D eigenvalue weighted by atomic mass is 35.7. The molecule has 0 unspecified atom stereocenters. The molecule has 0 atom stereocenters. The number of rotatable bonds is 4. The lowest BCUT2D eigenvalue weighted by Gasteiger charge is -2.17. The van der Waals surface area contributed by atoms with Crippen molar-refractivity contribution in [3.05, 3.63) is 44.0 Å². The first-order valence-electron chi connectivity index (χ1n) is 4.25. The summed E-state index contributed by atoms with van der Waals surface area (Å²) in [4.78, 5) is 0. The van der Waals surface area contributed by atoms with E-state index in [0.29, 0.717) is 0 Å². The summed E-state index contributed by atoms with van der Waals surface area (Å²) in [6, 6.07) is 0. The van der Waals surface area contributed by atoms with Crippen LogP contribution >= 0.6 is 0 Å². The Bertz CT molecular complexity index is 302. The minimum atomic E-state index is -4.94. The van der Waals surface area contributed by atoms with Crippen LogP contribution in [-0.4, -0.2) is 4.57 Å². The molecule has 0 aromatic carbocycles. The first-order chi connectivity index (χ1) is 7.36. The summed E-state index contributed by atoms with van der Waals surface area (Å²) in [5.74, 6) is 0. The zero-order valence-corrected chi connectivity index (χ0v) is 9.38. The van der Waals surface area contributed by atoms with E-state index in [1.54, 1.807) is 0 Å². The van der Waals surface area contributed by atoms with Gasteiger partial charge in [-0.1, -0.05) is 25.3 Å². The van der Waals surface area contributed by atoms with Gasteiger partial charge in [0, 0.05) is 0 Å². The van der Waals surface area contributed by atoms with Crippen molar-refractivity contribution in [1.82, 2.24) is 4.57 Å². The van der Waals surface area contributed by atoms with Crippen molar-refractivity contribution in [2.45, 2.75) is 13.1 Å². The third-order valence-corrected chi connectivity index (χ3v) is 1.43. The van der Waals surface area contributed by atoms with E-state index < -0.39 is 10.2 Å². The van der Waals surface area contributed by atoms with E-state index in [1.807, 2.05) is 30.9 Å². The van der Waals surface area contributed by atoms with E-state index in [1.165, 1.54) is 0 Å². The molecule has 0 fully saturated rings. The monoisotopic (exact) mass is 248 g/mol. The first-order valence-corrected chi connectivity index (χ1v) is 5.48. The highest BCUT2D eigenvalue weighted by Crippen LogP contribution is 1.84. The van der Waals surface area contributed by atoms with Crippen LogP contribution in [0.5, 0.6) is 0 Å². The minimum Gasteiger partial charge on any atom is -0.233 e. The molecule has 0 aliphatic heterocycles. The normalized spacial score (nSPS) is 10.2. The first kappa shape index (κ1) is 14.8. The highest BCUT2D eigenvalue weighted by Gasteiger charge is 1.97. The van der Waals surface area contributed by atoms with Gasteiger partial charge in [0.1, 0.15) is 25.5 Å². The lowest BCUT2D eigenvalue weighted by Crippen LogP contribution is -2.68. The lowest BCUT2D eigenvalue weighted by atomic mass is 10.6. The van der Waals surface area contributed by atoms with Gasteiger partial charge in [0.25, 0.3) is 0 Å². The second kappa shape index (κ2) is 7.15. The zero-order chi connectivity index (χ0) is 12.6. The maximum absolute atomic E-state index is 8.49. The van der Waals surface area contributed by atoms with Crippen molar-refractivity contribution in [2.75, 3.05) is 0 Å². The van der Waals surface area contributed by atoms with Crippen LogP contribution in [0.4, 0.5) is 0 Å². The summed E-state index contributed by atoms with van der Waals surface area (Å²) in [6.07, 6.45) is 9.82. The maximum atomic E-state index is 8.49. The third-order valence-electron chi connectivity index (χ3n) is 1.43. The van der Waals surface area contributed by atoms with Gasteiger partial charge in [-0.15, -0.1) is 10.2 Å². The molecule has 0 aliphatic rings. The molecule has 6 nitrogen and oxygen atoms in total. The maximum Gasteiger partial charge on any atom is 0.244 e. The molecule has 0 spiro atoms. The largest absolute Gasteiger partial charge is 0.244 e. The molecule has 1 aromatic rings.